The highest BCUT2D eigenvalue weighted by Gasteiger charge is 2.34. The van der Waals surface area contributed by atoms with Gasteiger partial charge in [-0.3, -0.25) is 0 Å². The van der Waals surface area contributed by atoms with Crippen LogP contribution in [0, 0.1) is 11.8 Å². The summed E-state index contributed by atoms with van der Waals surface area (Å²) in [4.78, 5) is 0. The van der Waals surface area contributed by atoms with Gasteiger partial charge in [-0.1, -0.05) is 61.2 Å². The molecule has 0 amide bonds. The first kappa shape index (κ1) is 13.0. The van der Waals surface area contributed by atoms with Gasteiger partial charge >= 0.3 is 0 Å². The van der Waals surface area contributed by atoms with Gasteiger partial charge in [0.25, 0.3) is 0 Å². The van der Waals surface area contributed by atoms with Crippen LogP contribution < -0.4 is 0 Å². The van der Waals surface area contributed by atoms with Crippen molar-refractivity contribution in [1.29, 1.82) is 0 Å². The van der Waals surface area contributed by atoms with Gasteiger partial charge in [0, 0.05) is 5.56 Å². The average molecular weight is 262 g/mol. The largest absolute Gasteiger partial charge is 0.358 e. The normalized spacial score (nSPS) is 20.6. The highest BCUT2D eigenvalue weighted by atomic mass is 16.5. The van der Waals surface area contributed by atoms with Gasteiger partial charge in [0.05, 0.1) is 6.61 Å². The molecule has 1 nitrogen and oxygen atoms in total. The zero-order valence-corrected chi connectivity index (χ0v) is 11.7. The molecule has 1 aliphatic rings. The lowest BCUT2D eigenvalue weighted by Crippen LogP contribution is -2.33. The third-order valence-corrected chi connectivity index (χ3v) is 3.85. The Hall–Kier alpha value is -2.04. The Morgan fingerprint density at radius 2 is 1.80 bits per heavy atom. The van der Waals surface area contributed by atoms with Crippen molar-refractivity contribution in [2.24, 2.45) is 0 Å². The molecule has 1 heteroatoms. The molecular weight excluding hydrogens is 244 g/mol. The Labute approximate surface area is 120 Å². The third-order valence-electron chi connectivity index (χ3n) is 3.85. The first-order valence-corrected chi connectivity index (χ1v) is 7.15. The second kappa shape index (κ2) is 5.53. The summed E-state index contributed by atoms with van der Waals surface area (Å²) in [6.07, 6.45) is 1.84. The SMILES string of the molecule is CCC1(C#Cc2ccccc2)OCCc2ccccc21. The summed E-state index contributed by atoms with van der Waals surface area (Å²) in [6, 6.07) is 18.6. The molecule has 0 spiro atoms. The van der Waals surface area contributed by atoms with E-state index < -0.39 is 5.60 Å². The number of benzene rings is 2. The average Bonchev–Trinajstić information content (AvgIpc) is 2.54. The first-order chi connectivity index (χ1) is 9.84. The minimum Gasteiger partial charge on any atom is -0.358 e. The molecule has 1 unspecified atom stereocenters. The Morgan fingerprint density at radius 1 is 1.05 bits per heavy atom. The van der Waals surface area contributed by atoms with Gasteiger partial charge in [0.2, 0.25) is 0 Å². The lowest BCUT2D eigenvalue weighted by molar-refractivity contribution is -0.0174. The monoisotopic (exact) mass is 262 g/mol. The van der Waals surface area contributed by atoms with Crippen LogP contribution in [0.15, 0.2) is 54.6 Å². The van der Waals surface area contributed by atoms with Crippen molar-refractivity contribution in [3.05, 3.63) is 71.3 Å². The predicted octanol–water partition coefficient (Wildman–Crippen LogP) is 3.92. The minimum atomic E-state index is -0.454. The summed E-state index contributed by atoms with van der Waals surface area (Å²) in [7, 11) is 0. The molecule has 0 saturated heterocycles. The maximum Gasteiger partial charge on any atom is 0.154 e. The number of ether oxygens (including phenoxy) is 1. The van der Waals surface area contributed by atoms with E-state index in [9.17, 15) is 0 Å². The molecule has 0 N–H and O–H groups in total. The van der Waals surface area contributed by atoms with Gasteiger partial charge in [0.1, 0.15) is 0 Å². The van der Waals surface area contributed by atoms with Gasteiger partial charge < -0.3 is 4.74 Å². The van der Waals surface area contributed by atoms with Gasteiger partial charge in [-0.05, 0) is 36.1 Å². The molecule has 1 heterocycles. The standard InChI is InChI=1S/C19H18O/c1-2-19(14-12-16-8-4-3-5-9-16)18-11-7-6-10-17(18)13-15-20-19/h3-11H,2,13,15H2,1H3. The van der Waals surface area contributed by atoms with Gasteiger partial charge in [0.15, 0.2) is 5.60 Å². The fraction of sp³-hybridized carbons (Fsp3) is 0.263. The molecule has 0 saturated carbocycles. The van der Waals surface area contributed by atoms with Crippen LogP contribution in [0.25, 0.3) is 0 Å². The third kappa shape index (κ3) is 2.35. The molecule has 0 radical (unpaired) electrons. The summed E-state index contributed by atoms with van der Waals surface area (Å²) < 4.78 is 6.09. The second-order valence-corrected chi connectivity index (χ2v) is 5.05. The van der Waals surface area contributed by atoms with E-state index in [0.29, 0.717) is 0 Å². The molecule has 3 rings (SSSR count). The molecule has 20 heavy (non-hydrogen) atoms. The topological polar surface area (TPSA) is 9.23 Å². The number of fused-ring (bicyclic) bond motifs is 1. The van der Waals surface area contributed by atoms with Crippen LogP contribution in [-0.2, 0) is 16.8 Å². The molecule has 100 valence electrons. The maximum absolute atomic E-state index is 6.09. The minimum absolute atomic E-state index is 0.454. The quantitative estimate of drug-likeness (QED) is 0.708. The number of rotatable bonds is 1. The van der Waals surface area contributed by atoms with Crippen molar-refractivity contribution in [2.45, 2.75) is 25.4 Å². The van der Waals surface area contributed by atoms with Crippen molar-refractivity contribution >= 4 is 0 Å². The highest BCUT2D eigenvalue weighted by molar-refractivity contribution is 5.44. The lowest BCUT2D eigenvalue weighted by atomic mass is 9.84. The molecule has 0 fully saturated rings. The molecule has 1 atom stereocenters. The van der Waals surface area contributed by atoms with E-state index >= 15 is 0 Å². The van der Waals surface area contributed by atoms with Gasteiger partial charge in [-0.25, -0.2) is 0 Å². The van der Waals surface area contributed by atoms with Crippen molar-refractivity contribution in [1.82, 2.24) is 0 Å². The van der Waals surface area contributed by atoms with Crippen LogP contribution in [0.2, 0.25) is 0 Å². The predicted molar refractivity (Wildman–Crippen MR) is 81.4 cm³/mol. The molecule has 0 aromatic heterocycles. The fourth-order valence-corrected chi connectivity index (χ4v) is 2.72. The van der Waals surface area contributed by atoms with E-state index in [-0.39, 0.29) is 0 Å². The molecule has 0 aliphatic carbocycles. The van der Waals surface area contributed by atoms with Gasteiger partial charge in [-0.15, -0.1) is 0 Å². The van der Waals surface area contributed by atoms with Crippen molar-refractivity contribution in [2.75, 3.05) is 6.61 Å². The van der Waals surface area contributed by atoms with Gasteiger partial charge in [-0.2, -0.15) is 0 Å². The summed E-state index contributed by atoms with van der Waals surface area (Å²) in [5, 5.41) is 0. The summed E-state index contributed by atoms with van der Waals surface area (Å²) in [5.41, 5.74) is 3.18. The van der Waals surface area contributed by atoms with Crippen molar-refractivity contribution in [3.63, 3.8) is 0 Å². The second-order valence-electron chi connectivity index (χ2n) is 5.05. The smallest absolute Gasteiger partial charge is 0.154 e. The summed E-state index contributed by atoms with van der Waals surface area (Å²) in [5.74, 6) is 6.66. The summed E-state index contributed by atoms with van der Waals surface area (Å²) in [6.45, 7) is 2.89. The molecule has 2 aromatic rings. The van der Waals surface area contributed by atoms with E-state index in [1.807, 2.05) is 30.3 Å². The number of hydrogen-bond acceptors (Lipinski definition) is 1. The zero-order chi connectivity index (χ0) is 13.8. The first-order valence-electron chi connectivity index (χ1n) is 7.15. The van der Waals surface area contributed by atoms with Crippen LogP contribution in [0.3, 0.4) is 0 Å². The maximum atomic E-state index is 6.09. The highest BCUT2D eigenvalue weighted by Crippen LogP contribution is 2.35. The van der Waals surface area contributed by atoms with Crippen LogP contribution in [0.1, 0.15) is 30.0 Å². The van der Waals surface area contributed by atoms with Crippen LogP contribution in [0.4, 0.5) is 0 Å². The van der Waals surface area contributed by atoms with E-state index in [1.165, 1.54) is 11.1 Å². The lowest BCUT2D eigenvalue weighted by Gasteiger charge is -2.34. The van der Waals surface area contributed by atoms with E-state index in [1.54, 1.807) is 0 Å². The van der Waals surface area contributed by atoms with Crippen molar-refractivity contribution in [3.8, 4) is 11.8 Å². The van der Waals surface area contributed by atoms with Crippen LogP contribution in [-0.4, -0.2) is 6.61 Å². The Bertz CT molecular complexity index is 648. The molecule has 0 bridgehead atoms. The molecule has 1 aliphatic heterocycles. The van der Waals surface area contributed by atoms with E-state index in [2.05, 4.69) is 43.0 Å². The van der Waals surface area contributed by atoms with E-state index in [0.717, 1.165) is 25.0 Å². The Morgan fingerprint density at radius 3 is 2.60 bits per heavy atom. The molecule has 2 aromatic carbocycles. The van der Waals surface area contributed by atoms with Crippen LogP contribution >= 0.6 is 0 Å². The summed E-state index contributed by atoms with van der Waals surface area (Å²) >= 11 is 0. The fourth-order valence-electron chi connectivity index (χ4n) is 2.72. The van der Waals surface area contributed by atoms with E-state index in [4.69, 9.17) is 4.74 Å². The molecular formula is C19H18O. The van der Waals surface area contributed by atoms with Crippen molar-refractivity contribution < 1.29 is 4.74 Å². The zero-order valence-electron chi connectivity index (χ0n) is 11.7. The Kier molecular flexibility index (Phi) is 3.58. The number of hydrogen-bond donors (Lipinski definition) is 0. The Balaban J connectivity index is 2.04. The van der Waals surface area contributed by atoms with Crippen LogP contribution in [0.5, 0.6) is 0 Å².